The Labute approximate surface area is 131 Å². The van der Waals surface area contributed by atoms with Gasteiger partial charge >= 0.3 is 5.97 Å². The molecule has 0 radical (unpaired) electrons. The summed E-state index contributed by atoms with van der Waals surface area (Å²) in [6.45, 7) is 4.94. The van der Waals surface area contributed by atoms with Crippen LogP contribution in [0.2, 0.25) is 24.7 Å². The van der Waals surface area contributed by atoms with Crippen LogP contribution in [0.5, 0.6) is 0 Å². The molecule has 0 aromatic carbocycles. The van der Waals surface area contributed by atoms with Crippen molar-refractivity contribution < 1.29 is 9.90 Å². The van der Waals surface area contributed by atoms with Crippen molar-refractivity contribution in [3.63, 3.8) is 0 Å². The van der Waals surface area contributed by atoms with E-state index in [4.69, 9.17) is 5.11 Å². The van der Waals surface area contributed by atoms with Crippen molar-refractivity contribution in [2.45, 2.75) is 89.4 Å². The second kappa shape index (κ2) is 7.80. The molecule has 0 atom stereocenters. The number of rotatable bonds is 6. The Balaban J connectivity index is 1.73. The van der Waals surface area contributed by atoms with Crippen molar-refractivity contribution in [1.82, 2.24) is 0 Å². The highest BCUT2D eigenvalue weighted by Gasteiger charge is 2.37. The highest BCUT2D eigenvalue weighted by molar-refractivity contribution is 6.78. The largest absolute Gasteiger partial charge is 0.481 e. The lowest BCUT2D eigenvalue weighted by Gasteiger charge is -2.41. The topological polar surface area (TPSA) is 37.3 Å². The van der Waals surface area contributed by atoms with E-state index in [-0.39, 0.29) is 5.92 Å². The first-order valence-corrected chi connectivity index (χ1v) is 12.4. The van der Waals surface area contributed by atoms with Gasteiger partial charge in [-0.15, -0.1) is 0 Å². The molecule has 1 saturated heterocycles. The SMILES string of the molecule is CCCCC[Si]1(C)CCC([C@H]2CC[C@H](C(=O)O)CC2)CC1. The van der Waals surface area contributed by atoms with Gasteiger partial charge in [-0.25, -0.2) is 0 Å². The third-order valence-corrected chi connectivity index (χ3v) is 11.0. The lowest BCUT2D eigenvalue weighted by atomic mass is 9.74. The van der Waals surface area contributed by atoms with Gasteiger partial charge in [0.2, 0.25) is 0 Å². The molecule has 2 aliphatic rings. The summed E-state index contributed by atoms with van der Waals surface area (Å²) < 4.78 is 0. The van der Waals surface area contributed by atoms with Gasteiger partial charge in [0.15, 0.2) is 0 Å². The number of unbranched alkanes of at least 4 members (excludes halogenated alkanes) is 2. The van der Waals surface area contributed by atoms with Crippen molar-refractivity contribution in [3.8, 4) is 0 Å². The summed E-state index contributed by atoms with van der Waals surface area (Å²) in [4.78, 5) is 11.1. The molecule has 0 bridgehead atoms. The van der Waals surface area contributed by atoms with Crippen molar-refractivity contribution in [2.24, 2.45) is 17.8 Å². The summed E-state index contributed by atoms with van der Waals surface area (Å²) in [5.74, 6) is 1.16. The van der Waals surface area contributed by atoms with Gasteiger partial charge in [0.1, 0.15) is 0 Å². The van der Waals surface area contributed by atoms with Crippen LogP contribution in [-0.4, -0.2) is 19.1 Å². The van der Waals surface area contributed by atoms with Crippen LogP contribution in [-0.2, 0) is 4.79 Å². The second-order valence-corrected chi connectivity index (χ2v) is 13.2. The molecule has 2 fully saturated rings. The first-order chi connectivity index (χ1) is 10.0. The van der Waals surface area contributed by atoms with Crippen molar-refractivity contribution in [2.75, 3.05) is 0 Å². The lowest BCUT2D eigenvalue weighted by molar-refractivity contribution is -0.143. The first-order valence-electron chi connectivity index (χ1n) is 9.27. The average molecular weight is 311 g/mol. The molecule has 0 aromatic heterocycles. The summed E-state index contributed by atoms with van der Waals surface area (Å²) in [6, 6.07) is 4.64. The van der Waals surface area contributed by atoms with Crippen LogP contribution < -0.4 is 0 Å². The highest BCUT2D eigenvalue weighted by atomic mass is 28.3. The molecule has 0 spiro atoms. The van der Waals surface area contributed by atoms with Gasteiger partial charge < -0.3 is 5.11 Å². The van der Waals surface area contributed by atoms with E-state index in [0.29, 0.717) is 0 Å². The zero-order valence-corrected chi connectivity index (χ0v) is 15.1. The summed E-state index contributed by atoms with van der Waals surface area (Å²) in [5, 5.41) is 9.11. The van der Waals surface area contributed by atoms with Gasteiger partial charge in [-0.1, -0.05) is 63.7 Å². The average Bonchev–Trinajstić information content (AvgIpc) is 2.48. The van der Waals surface area contributed by atoms with Crippen molar-refractivity contribution >= 4 is 14.0 Å². The van der Waals surface area contributed by atoms with Crippen LogP contribution in [0, 0.1) is 17.8 Å². The smallest absolute Gasteiger partial charge is 0.306 e. The van der Waals surface area contributed by atoms with Gasteiger partial charge in [0, 0.05) is 0 Å². The fourth-order valence-corrected chi connectivity index (χ4v) is 8.69. The standard InChI is InChI=1S/C18H34O2Si/c1-3-4-5-12-21(2)13-10-16(11-14-21)15-6-8-17(9-7-15)18(19)20/h15-17H,3-14H2,1-2H3,(H,19,20)/t15-,16?,17-,21?. The van der Waals surface area contributed by atoms with Gasteiger partial charge in [-0.05, 0) is 37.5 Å². The van der Waals surface area contributed by atoms with E-state index in [2.05, 4.69) is 13.5 Å². The molecule has 0 aromatic rings. The van der Waals surface area contributed by atoms with Crippen LogP contribution in [0.3, 0.4) is 0 Å². The molecule has 3 heteroatoms. The Hall–Kier alpha value is -0.313. The number of carboxylic acids is 1. The number of carboxylic acid groups (broad SMARTS) is 1. The minimum absolute atomic E-state index is 0.0430. The third kappa shape index (κ3) is 4.84. The zero-order chi connectivity index (χ0) is 15.3. The Kier molecular flexibility index (Phi) is 6.33. The monoisotopic (exact) mass is 310 g/mol. The maximum Gasteiger partial charge on any atom is 0.306 e. The first kappa shape index (κ1) is 17.0. The fourth-order valence-electron chi connectivity index (χ4n) is 4.70. The van der Waals surface area contributed by atoms with E-state index < -0.39 is 14.0 Å². The molecule has 0 amide bonds. The predicted molar refractivity (Wildman–Crippen MR) is 91.4 cm³/mol. The van der Waals surface area contributed by atoms with Crippen LogP contribution in [0.1, 0.15) is 64.7 Å². The summed E-state index contributed by atoms with van der Waals surface area (Å²) >= 11 is 0. The molecule has 1 aliphatic heterocycles. The van der Waals surface area contributed by atoms with E-state index in [9.17, 15) is 4.79 Å². The minimum atomic E-state index is -0.905. The van der Waals surface area contributed by atoms with E-state index in [0.717, 1.165) is 24.7 Å². The fraction of sp³-hybridized carbons (Fsp3) is 0.944. The van der Waals surface area contributed by atoms with Crippen LogP contribution in [0.25, 0.3) is 0 Å². The third-order valence-electron chi connectivity index (χ3n) is 6.41. The Morgan fingerprint density at radius 2 is 1.57 bits per heavy atom. The molecular weight excluding hydrogens is 276 g/mol. The number of hydrogen-bond acceptors (Lipinski definition) is 1. The molecule has 1 N–H and O–H groups in total. The molecular formula is C18H34O2Si. The van der Waals surface area contributed by atoms with Crippen LogP contribution in [0.4, 0.5) is 0 Å². The zero-order valence-electron chi connectivity index (χ0n) is 14.1. The van der Waals surface area contributed by atoms with Gasteiger partial charge in [0.25, 0.3) is 0 Å². The van der Waals surface area contributed by atoms with E-state index in [1.54, 1.807) is 18.1 Å². The minimum Gasteiger partial charge on any atom is -0.481 e. The summed E-state index contributed by atoms with van der Waals surface area (Å²) in [6.07, 6.45) is 11.4. The lowest BCUT2D eigenvalue weighted by Crippen LogP contribution is -2.37. The molecule has 0 unspecified atom stereocenters. The van der Waals surface area contributed by atoms with Crippen LogP contribution in [0.15, 0.2) is 0 Å². The van der Waals surface area contributed by atoms with E-state index in [1.807, 2.05) is 0 Å². The van der Waals surface area contributed by atoms with Gasteiger partial charge in [-0.2, -0.15) is 0 Å². The van der Waals surface area contributed by atoms with Gasteiger partial charge in [-0.3, -0.25) is 4.79 Å². The van der Waals surface area contributed by atoms with Crippen LogP contribution >= 0.6 is 0 Å². The second-order valence-electron chi connectivity index (χ2n) is 8.06. The predicted octanol–water partition coefficient (Wildman–Crippen LogP) is 5.56. The number of carbonyl (C=O) groups is 1. The normalized spacial score (nSPS) is 37.3. The van der Waals surface area contributed by atoms with Gasteiger partial charge in [0.05, 0.1) is 14.0 Å². The molecule has 2 nitrogen and oxygen atoms in total. The van der Waals surface area contributed by atoms with E-state index in [1.165, 1.54) is 44.9 Å². The molecule has 1 aliphatic carbocycles. The maximum atomic E-state index is 11.1. The molecule has 1 heterocycles. The number of hydrogen-bond donors (Lipinski definition) is 1. The quantitative estimate of drug-likeness (QED) is 0.515. The van der Waals surface area contributed by atoms with Crippen molar-refractivity contribution in [3.05, 3.63) is 0 Å². The summed E-state index contributed by atoms with van der Waals surface area (Å²) in [7, 11) is -0.905. The number of aliphatic carboxylic acids is 1. The van der Waals surface area contributed by atoms with E-state index >= 15 is 0 Å². The Morgan fingerprint density at radius 1 is 1.00 bits per heavy atom. The molecule has 122 valence electrons. The molecule has 2 rings (SSSR count). The molecule has 21 heavy (non-hydrogen) atoms. The maximum absolute atomic E-state index is 11.1. The Morgan fingerprint density at radius 3 is 2.10 bits per heavy atom. The van der Waals surface area contributed by atoms with Crippen molar-refractivity contribution in [1.29, 1.82) is 0 Å². The molecule has 1 saturated carbocycles. The highest BCUT2D eigenvalue weighted by Crippen LogP contribution is 2.44. The Bertz CT molecular complexity index is 326. The summed E-state index contributed by atoms with van der Waals surface area (Å²) in [5.41, 5.74) is 0.